The van der Waals surface area contributed by atoms with Crippen molar-refractivity contribution in [2.24, 2.45) is 0 Å². The summed E-state index contributed by atoms with van der Waals surface area (Å²) in [7, 11) is 0. The van der Waals surface area contributed by atoms with Gasteiger partial charge in [-0.2, -0.15) is 5.10 Å². The largest absolute Gasteiger partial charge is 0.320 e. The number of para-hydroxylation sites is 1. The zero-order chi connectivity index (χ0) is 17.1. The van der Waals surface area contributed by atoms with E-state index in [1.807, 2.05) is 12.1 Å². The van der Waals surface area contributed by atoms with Gasteiger partial charge < -0.3 is 5.32 Å². The smallest absolute Gasteiger partial charge is 0.276 e. The molecule has 2 aromatic carbocycles. The number of aromatic nitrogens is 2. The SMILES string of the molecule is CC(=O)c1ccccc1NC(=O)c1ccn(-c2cccc(Cl)c2)n1. The molecule has 0 aliphatic carbocycles. The Morgan fingerprint density at radius 2 is 1.88 bits per heavy atom. The van der Waals surface area contributed by atoms with Crippen molar-refractivity contribution < 1.29 is 9.59 Å². The number of nitrogens with one attached hydrogen (secondary N) is 1. The van der Waals surface area contributed by atoms with Crippen LogP contribution in [0.1, 0.15) is 27.8 Å². The van der Waals surface area contributed by atoms with Crippen LogP contribution in [-0.2, 0) is 0 Å². The molecule has 24 heavy (non-hydrogen) atoms. The predicted molar refractivity (Wildman–Crippen MR) is 93.0 cm³/mol. The topological polar surface area (TPSA) is 64.0 Å². The summed E-state index contributed by atoms with van der Waals surface area (Å²) in [6.07, 6.45) is 1.68. The molecule has 0 aliphatic rings. The Hall–Kier alpha value is -2.92. The van der Waals surface area contributed by atoms with E-state index >= 15 is 0 Å². The fourth-order valence-corrected chi connectivity index (χ4v) is 2.48. The molecule has 1 N–H and O–H groups in total. The first-order chi connectivity index (χ1) is 11.5. The van der Waals surface area contributed by atoms with Crippen LogP contribution in [0.3, 0.4) is 0 Å². The molecule has 0 bridgehead atoms. The number of rotatable bonds is 4. The third-order valence-electron chi connectivity index (χ3n) is 3.45. The van der Waals surface area contributed by atoms with Crippen molar-refractivity contribution in [2.75, 3.05) is 5.32 Å². The normalized spacial score (nSPS) is 10.4. The second-order valence-electron chi connectivity index (χ2n) is 5.18. The minimum atomic E-state index is -0.385. The first-order valence-corrected chi connectivity index (χ1v) is 7.65. The highest BCUT2D eigenvalue weighted by Crippen LogP contribution is 2.17. The number of carbonyl (C=O) groups is 2. The molecule has 0 radical (unpaired) electrons. The maximum absolute atomic E-state index is 12.4. The highest BCUT2D eigenvalue weighted by Gasteiger charge is 2.14. The summed E-state index contributed by atoms with van der Waals surface area (Å²) in [6, 6.07) is 15.6. The summed E-state index contributed by atoms with van der Waals surface area (Å²) < 4.78 is 1.57. The van der Waals surface area contributed by atoms with Gasteiger partial charge in [-0.25, -0.2) is 4.68 Å². The molecule has 6 heteroatoms. The molecular weight excluding hydrogens is 326 g/mol. The Bertz CT molecular complexity index is 918. The van der Waals surface area contributed by atoms with Crippen LogP contribution in [0.5, 0.6) is 0 Å². The second kappa shape index (κ2) is 6.68. The number of carbonyl (C=O) groups excluding carboxylic acids is 2. The van der Waals surface area contributed by atoms with E-state index in [1.54, 1.807) is 53.3 Å². The van der Waals surface area contributed by atoms with Gasteiger partial charge in [0, 0.05) is 16.8 Å². The molecule has 120 valence electrons. The van der Waals surface area contributed by atoms with Gasteiger partial charge in [-0.3, -0.25) is 9.59 Å². The number of ketones is 1. The van der Waals surface area contributed by atoms with Crippen molar-refractivity contribution in [3.63, 3.8) is 0 Å². The number of hydrogen-bond donors (Lipinski definition) is 1. The van der Waals surface area contributed by atoms with E-state index in [-0.39, 0.29) is 17.4 Å². The van der Waals surface area contributed by atoms with Gasteiger partial charge >= 0.3 is 0 Å². The molecule has 3 rings (SSSR count). The second-order valence-corrected chi connectivity index (χ2v) is 5.62. The highest BCUT2D eigenvalue weighted by molar-refractivity contribution is 6.30. The Morgan fingerprint density at radius 3 is 2.62 bits per heavy atom. The van der Waals surface area contributed by atoms with Gasteiger partial charge in [0.25, 0.3) is 5.91 Å². The monoisotopic (exact) mass is 339 g/mol. The van der Waals surface area contributed by atoms with Gasteiger partial charge in [0.15, 0.2) is 11.5 Å². The van der Waals surface area contributed by atoms with Crippen LogP contribution in [0, 0.1) is 0 Å². The first-order valence-electron chi connectivity index (χ1n) is 7.27. The number of anilines is 1. The highest BCUT2D eigenvalue weighted by atomic mass is 35.5. The molecule has 3 aromatic rings. The van der Waals surface area contributed by atoms with Crippen molar-refractivity contribution in [1.82, 2.24) is 9.78 Å². The van der Waals surface area contributed by atoms with E-state index < -0.39 is 0 Å². The summed E-state index contributed by atoms with van der Waals surface area (Å²) in [6.45, 7) is 1.46. The molecule has 1 heterocycles. The lowest BCUT2D eigenvalue weighted by Crippen LogP contribution is -2.15. The molecular formula is C18H14ClN3O2. The summed E-state index contributed by atoms with van der Waals surface area (Å²) in [5.41, 5.74) is 1.92. The van der Waals surface area contributed by atoms with Crippen LogP contribution in [0.4, 0.5) is 5.69 Å². The number of nitrogens with zero attached hydrogens (tertiary/aromatic N) is 2. The summed E-state index contributed by atoms with van der Waals surface area (Å²) in [4.78, 5) is 24.0. The van der Waals surface area contributed by atoms with Crippen LogP contribution in [-0.4, -0.2) is 21.5 Å². The quantitative estimate of drug-likeness (QED) is 0.731. The fourth-order valence-electron chi connectivity index (χ4n) is 2.29. The third-order valence-corrected chi connectivity index (χ3v) is 3.68. The maximum atomic E-state index is 12.4. The molecule has 0 saturated heterocycles. The number of Topliss-reactive ketones (excluding diaryl/α,β-unsaturated/α-hetero) is 1. The lowest BCUT2D eigenvalue weighted by atomic mass is 10.1. The van der Waals surface area contributed by atoms with Gasteiger partial charge in [0.2, 0.25) is 0 Å². The van der Waals surface area contributed by atoms with Crippen LogP contribution in [0.25, 0.3) is 5.69 Å². The van der Waals surface area contributed by atoms with Gasteiger partial charge in [0.1, 0.15) is 0 Å². The minimum Gasteiger partial charge on any atom is -0.320 e. The van der Waals surface area contributed by atoms with Gasteiger partial charge in [0.05, 0.1) is 11.4 Å². The van der Waals surface area contributed by atoms with Gasteiger partial charge in [-0.15, -0.1) is 0 Å². The minimum absolute atomic E-state index is 0.115. The van der Waals surface area contributed by atoms with Crippen LogP contribution in [0.15, 0.2) is 60.8 Å². The fraction of sp³-hybridized carbons (Fsp3) is 0.0556. The van der Waals surface area contributed by atoms with E-state index in [0.717, 1.165) is 5.69 Å². The van der Waals surface area contributed by atoms with Crippen molar-refractivity contribution in [3.8, 4) is 5.69 Å². The van der Waals surface area contributed by atoms with Crippen molar-refractivity contribution in [1.29, 1.82) is 0 Å². The zero-order valence-corrected chi connectivity index (χ0v) is 13.6. The number of halogens is 1. The summed E-state index contributed by atoms with van der Waals surface area (Å²) in [5.74, 6) is -0.500. The number of benzene rings is 2. The average molecular weight is 340 g/mol. The van der Waals surface area contributed by atoms with E-state index in [1.165, 1.54) is 6.92 Å². The van der Waals surface area contributed by atoms with Crippen molar-refractivity contribution in [3.05, 3.63) is 77.1 Å². The van der Waals surface area contributed by atoms with E-state index in [4.69, 9.17) is 11.6 Å². The van der Waals surface area contributed by atoms with Crippen molar-refractivity contribution >= 4 is 29.0 Å². The van der Waals surface area contributed by atoms with Crippen LogP contribution >= 0.6 is 11.6 Å². The average Bonchev–Trinajstić information content (AvgIpc) is 3.05. The molecule has 0 atom stereocenters. The number of hydrogen-bond acceptors (Lipinski definition) is 3. The van der Waals surface area contributed by atoms with Crippen LogP contribution in [0.2, 0.25) is 5.02 Å². The first kappa shape index (κ1) is 16.0. The van der Waals surface area contributed by atoms with E-state index in [2.05, 4.69) is 10.4 Å². The Kier molecular flexibility index (Phi) is 4.44. The van der Waals surface area contributed by atoms with Gasteiger partial charge in [-0.05, 0) is 43.3 Å². The molecule has 0 spiro atoms. The number of amides is 1. The molecule has 0 saturated carbocycles. The molecule has 0 aliphatic heterocycles. The van der Waals surface area contributed by atoms with E-state index in [0.29, 0.717) is 16.3 Å². The Balaban J connectivity index is 1.83. The summed E-state index contributed by atoms with van der Waals surface area (Å²) in [5, 5.41) is 7.56. The molecule has 1 aromatic heterocycles. The standard InChI is InChI=1S/C18H14ClN3O2/c1-12(23)15-7-2-3-8-16(15)20-18(24)17-9-10-22(21-17)14-6-4-5-13(19)11-14/h2-11H,1H3,(H,20,24). The lowest BCUT2D eigenvalue weighted by molar-refractivity contribution is 0.101. The Morgan fingerprint density at radius 1 is 1.08 bits per heavy atom. The molecule has 5 nitrogen and oxygen atoms in total. The zero-order valence-electron chi connectivity index (χ0n) is 12.9. The van der Waals surface area contributed by atoms with E-state index in [9.17, 15) is 9.59 Å². The summed E-state index contributed by atoms with van der Waals surface area (Å²) >= 11 is 5.97. The molecule has 0 unspecified atom stereocenters. The maximum Gasteiger partial charge on any atom is 0.276 e. The third kappa shape index (κ3) is 3.36. The van der Waals surface area contributed by atoms with Crippen molar-refractivity contribution in [2.45, 2.75) is 6.92 Å². The van der Waals surface area contributed by atoms with Crippen LogP contribution < -0.4 is 5.32 Å². The predicted octanol–water partition coefficient (Wildman–Crippen LogP) is 3.98. The molecule has 1 amide bonds. The molecule has 0 fully saturated rings. The lowest BCUT2D eigenvalue weighted by Gasteiger charge is -2.07. The van der Waals surface area contributed by atoms with Gasteiger partial charge in [-0.1, -0.05) is 29.8 Å². The Labute approximate surface area is 143 Å².